The van der Waals surface area contributed by atoms with Crippen LogP contribution in [0.15, 0.2) is 66.7 Å². The van der Waals surface area contributed by atoms with E-state index in [1.807, 2.05) is 0 Å². The molecule has 0 fully saturated rings. The molecule has 0 aliphatic carbocycles. The molecule has 0 saturated heterocycles. The number of aryl methyl sites for hydroxylation is 3. The molecule has 3 aromatic rings. The van der Waals surface area contributed by atoms with Crippen LogP contribution in [0, 0.1) is 13.8 Å². The molecule has 0 aliphatic rings. The summed E-state index contributed by atoms with van der Waals surface area (Å²) in [7, 11) is 0. The van der Waals surface area contributed by atoms with E-state index in [-0.39, 0.29) is 0 Å². The summed E-state index contributed by atoms with van der Waals surface area (Å²) in [6.45, 7) is 11.0. The molecule has 0 atom stereocenters. The Kier molecular flexibility index (Phi) is 5.96. The number of rotatable bonds is 5. The van der Waals surface area contributed by atoms with Crippen LogP contribution in [0.25, 0.3) is 21.9 Å². The van der Waals surface area contributed by atoms with Gasteiger partial charge in [-0.3, -0.25) is 0 Å². The average Bonchev–Trinajstić information content (AvgIpc) is 2.69. The minimum atomic E-state index is 1.16. The maximum atomic E-state index is 2.33. The van der Waals surface area contributed by atoms with Crippen LogP contribution in [0.4, 0.5) is 0 Å². The first kappa shape index (κ1) is 19.2. The van der Waals surface area contributed by atoms with Crippen molar-refractivity contribution in [2.24, 2.45) is 0 Å². The smallest absolute Gasteiger partial charge is 0.0146 e. The highest BCUT2D eigenvalue weighted by Gasteiger charge is 2.03. The predicted octanol–water partition coefficient (Wildman–Crippen LogP) is 7.92. The number of allylic oxidation sites excluding steroid dienone is 4. The van der Waals surface area contributed by atoms with E-state index in [4.69, 9.17) is 0 Å². The van der Waals surface area contributed by atoms with Crippen molar-refractivity contribution in [1.29, 1.82) is 0 Å². The molecule has 0 bridgehead atoms. The molecular formula is C27H30. The number of hydrogen-bond acceptors (Lipinski definition) is 0. The van der Waals surface area contributed by atoms with Crippen molar-refractivity contribution in [1.82, 2.24) is 0 Å². The number of fused-ring (bicyclic) bond motifs is 1. The van der Waals surface area contributed by atoms with Gasteiger partial charge in [0.15, 0.2) is 0 Å². The first-order chi connectivity index (χ1) is 13.0. The summed E-state index contributed by atoms with van der Waals surface area (Å²) >= 11 is 0. The Balaban J connectivity index is 1.87. The lowest BCUT2D eigenvalue weighted by molar-refractivity contribution is 0.922. The Morgan fingerprint density at radius 1 is 0.704 bits per heavy atom. The monoisotopic (exact) mass is 354 g/mol. The molecular weight excluding hydrogens is 324 g/mol. The van der Waals surface area contributed by atoms with Crippen molar-refractivity contribution in [3.05, 3.63) is 94.6 Å². The van der Waals surface area contributed by atoms with E-state index in [1.54, 1.807) is 0 Å². The Hall–Kier alpha value is -2.60. The average molecular weight is 355 g/mol. The van der Waals surface area contributed by atoms with Crippen molar-refractivity contribution in [3.8, 4) is 0 Å². The van der Waals surface area contributed by atoms with Crippen LogP contribution in [0.2, 0.25) is 0 Å². The highest BCUT2D eigenvalue weighted by molar-refractivity contribution is 5.91. The largest absolute Gasteiger partial charge is 0.0651 e. The molecule has 0 unspecified atom stereocenters. The summed E-state index contributed by atoms with van der Waals surface area (Å²) in [4.78, 5) is 0. The lowest BCUT2D eigenvalue weighted by Gasteiger charge is -2.09. The number of hydrogen-bond donors (Lipinski definition) is 0. The first-order valence-electron chi connectivity index (χ1n) is 9.94. The zero-order valence-corrected chi connectivity index (χ0v) is 17.3. The molecule has 0 heterocycles. The van der Waals surface area contributed by atoms with E-state index in [0.29, 0.717) is 0 Å². The molecule has 0 spiro atoms. The summed E-state index contributed by atoms with van der Waals surface area (Å²) in [6.07, 6.45) is 6.82. The third-order valence-electron chi connectivity index (χ3n) is 5.44. The van der Waals surface area contributed by atoms with Crippen molar-refractivity contribution in [2.45, 2.75) is 47.5 Å². The highest BCUT2D eigenvalue weighted by Crippen LogP contribution is 2.26. The molecule has 0 saturated carbocycles. The van der Waals surface area contributed by atoms with Crippen molar-refractivity contribution >= 4 is 21.9 Å². The molecule has 138 valence electrons. The van der Waals surface area contributed by atoms with E-state index >= 15 is 0 Å². The normalized spacial score (nSPS) is 12.6. The van der Waals surface area contributed by atoms with E-state index in [0.717, 1.165) is 6.42 Å². The second-order valence-electron chi connectivity index (χ2n) is 7.61. The fourth-order valence-electron chi connectivity index (χ4n) is 3.55. The summed E-state index contributed by atoms with van der Waals surface area (Å²) in [6, 6.07) is 20.2. The van der Waals surface area contributed by atoms with Crippen LogP contribution < -0.4 is 0 Å². The molecule has 3 rings (SSSR count). The summed E-state index contributed by atoms with van der Waals surface area (Å²) in [5, 5.41) is 2.71. The topological polar surface area (TPSA) is 0 Å². The van der Waals surface area contributed by atoms with E-state index in [2.05, 4.69) is 101 Å². The molecule has 3 aromatic carbocycles. The molecule has 0 aromatic heterocycles. The second kappa shape index (κ2) is 8.39. The first-order valence-corrected chi connectivity index (χ1v) is 9.94. The Morgan fingerprint density at radius 3 is 1.89 bits per heavy atom. The Labute approximate surface area is 164 Å². The molecule has 0 amide bonds. The van der Waals surface area contributed by atoms with Crippen LogP contribution >= 0.6 is 0 Å². The van der Waals surface area contributed by atoms with Gasteiger partial charge < -0.3 is 0 Å². The fourth-order valence-corrected chi connectivity index (χ4v) is 3.55. The molecule has 0 nitrogen and oxygen atoms in total. The predicted molar refractivity (Wildman–Crippen MR) is 121 cm³/mol. The van der Waals surface area contributed by atoms with Gasteiger partial charge in [-0.25, -0.2) is 0 Å². The molecule has 0 N–H and O–H groups in total. The van der Waals surface area contributed by atoms with Crippen LogP contribution in [-0.2, 0) is 6.42 Å². The third-order valence-corrected chi connectivity index (χ3v) is 5.44. The summed E-state index contributed by atoms with van der Waals surface area (Å²) in [5.74, 6) is 0. The molecule has 0 radical (unpaired) electrons. The van der Waals surface area contributed by atoms with Crippen molar-refractivity contribution in [2.75, 3.05) is 0 Å². The number of benzene rings is 3. The van der Waals surface area contributed by atoms with Gasteiger partial charge in [0.05, 0.1) is 0 Å². The summed E-state index contributed by atoms with van der Waals surface area (Å²) < 4.78 is 0. The molecule has 0 heteroatoms. The molecule has 0 aliphatic heterocycles. The van der Waals surface area contributed by atoms with Crippen LogP contribution in [0.3, 0.4) is 0 Å². The van der Waals surface area contributed by atoms with Gasteiger partial charge >= 0.3 is 0 Å². The van der Waals surface area contributed by atoms with Crippen molar-refractivity contribution in [3.63, 3.8) is 0 Å². The summed E-state index contributed by atoms with van der Waals surface area (Å²) in [5.41, 5.74) is 9.27. The standard InChI is InChI=1S/C27H30/c1-6-7-23-12-14-24(15-13-23)19(2)8-9-20(3)25-16-17-26-21(4)10-11-22(5)27(26)18-25/h8-18H,6-7H2,1-5H3/b19-8+,20-9+. The Bertz CT molecular complexity index is 998. The van der Waals surface area contributed by atoms with E-state index in [1.165, 1.54) is 56.2 Å². The van der Waals surface area contributed by atoms with Gasteiger partial charge in [-0.1, -0.05) is 74.0 Å². The van der Waals surface area contributed by atoms with Crippen LogP contribution in [0.1, 0.15) is 55.0 Å². The third kappa shape index (κ3) is 4.39. The van der Waals surface area contributed by atoms with Crippen LogP contribution in [-0.4, -0.2) is 0 Å². The quantitative estimate of drug-likeness (QED) is 0.408. The maximum Gasteiger partial charge on any atom is -0.0146 e. The lowest BCUT2D eigenvalue weighted by Crippen LogP contribution is -1.86. The zero-order valence-electron chi connectivity index (χ0n) is 17.3. The van der Waals surface area contributed by atoms with Gasteiger partial charge in [0, 0.05) is 0 Å². The van der Waals surface area contributed by atoms with Gasteiger partial charge in [0.2, 0.25) is 0 Å². The van der Waals surface area contributed by atoms with Gasteiger partial charge in [0.1, 0.15) is 0 Å². The SMILES string of the molecule is CCCc1ccc(/C(C)=C/C=C(\C)c2ccc3c(C)ccc(C)c3c2)cc1. The van der Waals surface area contributed by atoms with Gasteiger partial charge in [0.25, 0.3) is 0 Å². The van der Waals surface area contributed by atoms with Gasteiger partial charge in [-0.15, -0.1) is 0 Å². The minimum Gasteiger partial charge on any atom is -0.0651 e. The zero-order chi connectivity index (χ0) is 19.4. The lowest BCUT2D eigenvalue weighted by atomic mass is 9.96. The minimum absolute atomic E-state index is 1.16. The van der Waals surface area contributed by atoms with Gasteiger partial charge in [-0.2, -0.15) is 0 Å². The Morgan fingerprint density at radius 2 is 1.26 bits per heavy atom. The highest BCUT2D eigenvalue weighted by atomic mass is 14.1. The second-order valence-corrected chi connectivity index (χ2v) is 7.61. The van der Waals surface area contributed by atoms with Crippen LogP contribution in [0.5, 0.6) is 0 Å². The maximum absolute atomic E-state index is 2.33. The van der Waals surface area contributed by atoms with Gasteiger partial charge in [-0.05, 0) is 89.9 Å². The van der Waals surface area contributed by atoms with E-state index < -0.39 is 0 Å². The fraction of sp³-hybridized carbons (Fsp3) is 0.259. The van der Waals surface area contributed by atoms with Crippen molar-refractivity contribution < 1.29 is 0 Å². The molecule has 27 heavy (non-hydrogen) atoms. The van der Waals surface area contributed by atoms with E-state index in [9.17, 15) is 0 Å².